The molecule has 0 atom stereocenters. The molecule has 0 saturated carbocycles. The van der Waals surface area contributed by atoms with Crippen LogP contribution in [0.1, 0.15) is 0 Å². The van der Waals surface area contributed by atoms with E-state index in [1.54, 1.807) is 24.4 Å². The molecule has 0 spiro atoms. The quantitative estimate of drug-likeness (QED) is 0.540. The average Bonchev–Trinajstić information content (AvgIpc) is 2.97. The Kier molecular flexibility index (Phi) is 4.81. The van der Waals surface area contributed by atoms with Crippen LogP contribution in [-0.2, 0) is 10.0 Å². The van der Waals surface area contributed by atoms with Crippen LogP contribution in [0.25, 0.3) is 11.0 Å². The highest BCUT2D eigenvalue weighted by Gasteiger charge is 2.16. The Morgan fingerprint density at radius 3 is 2.79 bits per heavy atom. The first-order chi connectivity index (χ1) is 11.5. The number of benzene rings is 1. The predicted molar refractivity (Wildman–Crippen MR) is 99.3 cm³/mol. The van der Waals surface area contributed by atoms with Gasteiger partial charge in [0.25, 0.3) is 0 Å². The summed E-state index contributed by atoms with van der Waals surface area (Å²) >= 11 is 4.97. The first-order valence-corrected chi connectivity index (χ1v) is 10.3. The Hall–Kier alpha value is -1.62. The minimum atomic E-state index is -3.53. The van der Waals surface area contributed by atoms with Gasteiger partial charge in [-0.15, -0.1) is 11.8 Å². The monoisotopic (exact) mass is 427 g/mol. The van der Waals surface area contributed by atoms with E-state index in [9.17, 15) is 8.42 Å². The van der Waals surface area contributed by atoms with Gasteiger partial charge in [0.1, 0.15) is 17.8 Å². The molecule has 0 aliphatic rings. The highest BCUT2D eigenvalue weighted by Crippen LogP contribution is 2.34. The van der Waals surface area contributed by atoms with E-state index in [0.29, 0.717) is 17.2 Å². The van der Waals surface area contributed by atoms with Crippen molar-refractivity contribution in [1.29, 1.82) is 0 Å². The number of sulfonamides is 1. The van der Waals surface area contributed by atoms with Gasteiger partial charge in [-0.2, -0.15) is 0 Å². The molecule has 1 aromatic carbocycles. The molecule has 0 bridgehead atoms. The number of aromatic nitrogens is 3. The molecule has 3 N–H and O–H groups in total. The van der Waals surface area contributed by atoms with Crippen molar-refractivity contribution in [1.82, 2.24) is 19.7 Å². The minimum absolute atomic E-state index is 0.184. The molecule has 24 heavy (non-hydrogen) atoms. The molecule has 10 heteroatoms. The normalized spacial score (nSPS) is 11.8. The summed E-state index contributed by atoms with van der Waals surface area (Å²) < 4.78 is 27.2. The van der Waals surface area contributed by atoms with Gasteiger partial charge in [0.2, 0.25) is 10.0 Å². The fourth-order valence-corrected chi connectivity index (χ4v) is 4.00. The summed E-state index contributed by atoms with van der Waals surface area (Å²) in [6.07, 6.45) is 5.15. The topological polar surface area (TPSA) is 99.8 Å². The van der Waals surface area contributed by atoms with E-state index in [0.717, 1.165) is 14.8 Å². The van der Waals surface area contributed by atoms with Gasteiger partial charge in [-0.25, -0.2) is 23.1 Å². The summed E-state index contributed by atoms with van der Waals surface area (Å²) in [5.74, 6) is 0.586. The SMILES string of the molecule is CNS(=O)(=O)c1ccc(SC)c(Nc2ncnc3[nH]cc(Br)c23)c1. The number of hydrogen-bond donors (Lipinski definition) is 3. The van der Waals surface area contributed by atoms with Gasteiger partial charge in [-0.3, -0.25) is 0 Å². The van der Waals surface area contributed by atoms with Gasteiger partial charge in [0, 0.05) is 15.6 Å². The van der Waals surface area contributed by atoms with Gasteiger partial charge in [0.05, 0.1) is 16.0 Å². The van der Waals surface area contributed by atoms with Crippen LogP contribution in [-0.4, -0.2) is 36.7 Å². The molecule has 0 unspecified atom stereocenters. The third kappa shape index (κ3) is 3.14. The number of anilines is 2. The number of H-pyrrole nitrogens is 1. The first kappa shape index (κ1) is 17.2. The number of halogens is 1. The largest absolute Gasteiger partial charge is 0.345 e. The third-order valence-corrected chi connectivity index (χ3v) is 6.26. The smallest absolute Gasteiger partial charge is 0.240 e. The molecule has 0 amide bonds. The zero-order chi connectivity index (χ0) is 17.3. The third-order valence-electron chi connectivity index (χ3n) is 3.42. The summed E-state index contributed by atoms with van der Waals surface area (Å²) in [5.41, 5.74) is 1.34. The summed E-state index contributed by atoms with van der Waals surface area (Å²) in [4.78, 5) is 12.6. The number of hydrogen-bond acceptors (Lipinski definition) is 6. The van der Waals surface area contributed by atoms with E-state index in [-0.39, 0.29) is 4.90 Å². The lowest BCUT2D eigenvalue weighted by atomic mass is 10.3. The fourth-order valence-electron chi connectivity index (χ4n) is 2.22. The van der Waals surface area contributed by atoms with Crippen molar-refractivity contribution >= 4 is 60.3 Å². The summed E-state index contributed by atoms with van der Waals surface area (Å²) in [5, 5.41) is 4.01. The van der Waals surface area contributed by atoms with Crippen molar-refractivity contribution in [2.45, 2.75) is 9.79 Å². The van der Waals surface area contributed by atoms with Crippen molar-refractivity contribution in [2.75, 3.05) is 18.6 Å². The zero-order valence-corrected chi connectivity index (χ0v) is 16.0. The molecule has 0 fully saturated rings. The molecular weight excluding hydrogens is 414 g/mol. The maximum atomic E-state index is 12.0. The molecule has 3 rings (SSSR count). The molecule has 0 aliphatic carbocycles. The lowest BCUT2D eigenvalue weighted by Crippen LogP contribution is -2.18. The van der Waals surface area contributed by atoms with Gasteiger partial charge in [-0.05, 0) is 47.4 Å². The van der Waals surface area contributed by atoms with E-state index >= 15 is 0 Å². The van der Waals surface area contributed by atoms with Crippen molar-refractivity contribution in [3.05, 3.63) is 35.2 Å². The van der Waals surface area contributed by atoms with Crippen molar-refractivity contribution in [2.24, 2.45) is 0 Å². The van der Waals surface area contributed by atoms with E-state index < -0.39 is 10.0 Å². The molecule has 126 valence electrons. The second-order valence-corrected chi connectivity index (χ2v) is 8.37. The van der Waals surface area contributed by atoms with Crippen LogP contribution in [0.2, 0.25) is 0 Å². The van der Waals surface area contributed by atoms with E-state index in [1.807, 2.05) is 6.26 Å². The first-order valence-electron chi connectivity index (χ1n) is 6.82. The van der Waals surface area contributed by atoms with Gasteiger partial charge in [0.15, 0.2) is 0 Å². The van der Waals surface area contributed by atoms with E-state index in [1.165, 1.54) is 25.1 Å². The zero-order valence-electron chi connectivity index (χ0n) is 12.8. The van der Waals surface area contributed by atoms with E-state index in [4.69, 9.17) is 0 Å². The van der Waals surface area contributed by atoms with Gasteiger partial charge in [-0.1, -0.05) is 0 Å². The van der Waals surface area contributed by atoms with Crippen molar-refractivity contribution in [3.8, 4) is 0 Å². The number of nitrogens with zero attached hydrogens (tertiary/aromatic N) is 2. The molecule has 0 radical (unpaired) electrons. The summed E-state index contributed by atoms with van der Waals surface area (Å²) in [6.45, 7) is 0. The maximum Gasteiger partial charge on any atom is 0.240 e. The number of thioether (sulfide) groups is 1. The second-order valence-electron chi connectivity index (χ2n) is 4.78. The molecule has 2 heterocycles. The Morgan fingerprint density at radius 2 is 2.08 bits per heavy atom. The highest BCUT2D eigenvalue weighted by molar-refractivity contribution is 9.10. The second kappa shape index (κ2) is 6.71. The maximum absolute atomic E-state index is 12.0. The van der Waals surface area contributed by atoms with E-state index in [2.05, 4.69) is 40.9 Å². The average molecular weight is 428 g/mol. The molecule has 7 nitrogen and oxygen atoms in total. The minimum Gasteiger partial charge on any atom is -0.345 e. The number of fused-ring (bicyclic) bond motifs is 1. The van der Waals surface area contributed by atoms with Crippen LogP contribution in [0.5, 0.6) is 0 Å². The van der Waals surface area contributed by atoms with Crippen LogP contribution in [0.3, 0.4) is 0 Å². The Morgan fingerprint density at radius 1 is 1.29 bits per heavy atom. The summed E-state index contributed by atoms with van der Waals surface area (Å²) in [6, 6.07) is 4.93. The number of aromatic amines is 1. The van der Waals surface area contributed by atoms with Crippen molar-refractivity contribution in [3.63, 3.8) is 0 Å². The molecule has 0 saturated heterocycles. The van der Waals surface area contributed by atoms with Crippen LogP contribution in [0, 0.1) is 0 Å². The lowest BCUT2D eigenvalue weighted by Gasteiger charge is -2.13. The Labute approximate surface area is 151 Å². The molecule has 0 aliphatic heterocycles. The summed E-state index contributed by atoms with van der Waals surface area (Å²) in [7, 11) is -2.14. The predicted octanol–water partition coefficient (Wildman–Crippen LogP) is 3.09. The molecule has 2 aromatic heterocycles. The molecule has 3 aromatic rings. The van der Waals surface area contributed by atoms with Crippen molar-refractivity contribution < 1.29 is 8.42 Å². The Balaban J connectivity index is 2.11. The standard InChI is InChI=1S/C14H14BrN5O2S2/c1-16-24(21,22)8-3-4-11(23-2)10(5-8)20-14-12-9(15)6-17-13(12)18-7-19-14/h3-7,16H,1-2H3,(H2,17,18,19,20). The highest BCUT2D eigenvalue weighted by atomic mass is 79.9. The van der Waals surface area contributed by atoms with Gasteiger partial charge >= 0.3 is 0 Å². The number of nitrogens with one attached hydrogen (secondary N) is 3. The Bertz CT molecular complexity index is 1000. The van der Waals surface area contributed by atoms with Gasteiger partial charge < -0.3 is 10.3 Å². The van der Waals surface area contributed by atoms with Crippen LogP contribution < -0.4 is 10.0 Å². The van der Waals surface area contributed by atoms with Crippen LogP contribution in [0.15, 0.2) is 45.0 Å². The van der Waals surface area contributed by atoms with Crippen LogP contribution >= 0.6 is 27.7 Å². The number of rotatable bonds is 5. The fraction of sp³-hybridized carbons (Fsp3) is 0.143. The molecular formula is C14H14BrN5O2S2. The lowest BCUT2D eigenvalue weighted by molar-refractivity contribution is 0.588. The van der Waals surface area contributed by atoms with Crippen LogP contribution in [0.4, 0.5) is 11.5 Å².